The first-order valence-corrected chi connectivity index (χ1v) is 10.4. The van der Waals surface area contributed by atoms with Gasteiger partial charge in [0.15, 0.2) is 5.82 Å². The van der Waals surface area contributed by atoms with Crippen molar-refractivity contribution in [2.45, 2.75) is 51.5 Å². The Bertz CT molecular complexity index is 979. The lowest BCUT2D eigenvalue weighted by molar-refractivity contribution is 0.208. The molecule has 29 heavy (non-hydrogen) atoms. The van der Waals surface area contributed by atoms with Gasteiger partial charge in [-0.3, -0.25) is 4.90 Å². The second kappa shape index (κ2) is 7.91. The molecule has 5 rings (SSSR count). The van der Waals surface area contributed by atoms with E-state index in [1.807, 2.05) is 6.07 Å². The normalized spacial score (nSPS) is 17.8. The van der Waals surface area contributed by atoms with Gasteiger partial charge in [-0.05, 0) is 55.9 Å². The van der Waals surface area contributed by atoms with Crippen molar-refractivity contribution in [3.63, 3.8) is 0 Å². The van der Waals surface area contributed by atoms with Gasteiger partial charge in [0.1, 0.15) is 11.4 Å². The van der Waals surface area contributed by atoms with Crippen LogP contribution in [0.25, 0.3) is 11.6 Å². The second-order valence-electron chi connectivity index (χ2n) is 7.89. The maximum atomic E-state index is 5.95. The Balaban J connectivity index is 1.27. The third-order valence-corrected chi connectivity index (χ3v) is 5.95. The zero-order chi connectivity index (χ0) is 19.6. The van der Waals surface area contributed by atoms with Crippen LogP contribution >= 0.6 is 0 Å². The van der Waals surface area contributed by atoms with Gasteiger partial charge in [0.05, 0.1) is 12.4 Å². The van der Waals surface area contributed by atoms with E-state index in [0.717, 1.165) is 31.2 Å². The molecule has 0 unspecified atom stereocenters. The van der Waals surface area contributed by atoms with Crippen molar-refractivity contribution < 1.29 is 9.26 Å². The maximum absolute atomic E-state index is 5.95. The fourth-order valence-electron chi connectivity index (χ4n) is 4.42. The highest BCUT2D eigenvalue weighted by Crippen LogP contribution is 2.29. The number of hydrogen-bond acceptors (Lipinski definition) is 7. The molecule has 1 fully saturated rings. The molecule has 3 aromatic rings. The molecule has 7 heteroatoms. The molecule has 1 aliphatic carbocycles. The summed E-state index contributed by atoms with van der Waals surface area (Å²) < 4.78 is 11.1. The summed E-state index contributed by atoms with van der Waals surface area (Å²) in [6.07, 6.45) is 10.9. The zero-order valence-electron chi connectivity index (χ0n) is 16.7. The van der Waals surface area contributed by atoms with Gasteiger partial charge in [0, 0.05) is 19.1 Å². The minimum Gasteiger partial charge on any atom is -0.437 e. The Kier molecular flexibility index (Phi) is 4.97. The minimum atomic E-state index is 0.360. The molecule has 3 heterocycles. The summed E-state index contributed by atoms with van der Waals surface area (Å²) in [5, 5.41) is 3.77. The van der Waals surface area contributed by atoms with Crippen LogP contribution in [0, 0.1) is 6.92 Å². The van der Waals surface area contributed by atoms with Crippen molar-refractivity contribution in [2.24, 2.45) is 0 Å². The van der Waals surface area contributed by atoms with E-state index in [1.54, 1.807) is 19.3 Å². The highest BCUT2D eigenvalue weighted by atomic mass is 16.5. The average molecular weight is 391 g/mol. The lowest BCUT2D eigenvalue weighted by Gasteiger charge is -2.26. The molecule has 150 valence electrons. The second-order valence-corrected chi connectivity index (χ2v) is 7.89. The van der Waals surface area contributed by atoms with E-state index in [0.29, 0.717) is 23.3 Å². The number of rotatable bonds is 4. The predicted octanol–water partition coefficient (Wildman–Crippen LogP) is 3.97. The molecular weight excluding hydrogens is 366 g/mol. The average Bonchev–Trinajstić information content (AvgIpc) is 3.38. The molecule has 1 aromatic carbocycles. The Morgan fingerprint density at radius 3 is 2.59 bits per heavy atom. The smallest absolute Gasteiger partial charge is 0.278 e. The molecule has 1 saturated carbocycles. The fourth-order valence-corrected chi connectivity index (χ4v) is 4.42. The highest BCUT2D eigenvalue weighted by Gasteiger charge is 2.24. The number of aryl methyl sites for hydroxylation is 1. The molecule has 7 nitrogen and oxygen atoms in total. The number of hydrogen-bond donors (Lipinski definition) is 0. The first-order valence-electron chi connectivity index (χ1n) is 10.4. The van der Waals surface area contributed by atoms with Gasteiger partial charge >= 0.3 is 0 Å². The van der Waals surface area contributed by atoms with Gasteiger partial charge in [-0.25, -0.2) is 9.97 Å². The van der Waals surface area contributed by atoms with Gasteiger partial charge in [-0.1, -0.05) is 24.1 Å². The van der Waals surface area contributed by atoms with E-state index in [-0.39, 0.29) is 0 Å². The van der Waals surface area contributed by atoms with E-state index in [1.165, 1.54) is 43.4 Å². The van der Waals surface area contributed by atoms with E-state index in [9.17, 15) is 0 Å². The summed E-state index contributed by atoms with van der Waals surface area (Å²) in [6.45, 7) is 4.07. The van der Waals surface area contributed by atoms with Crippen molar-refractivity contribution in [1.29, 1.82) is 0 Å². The van der Waals surface area contributed by atoms with Gasteiger partial charge in [-0.2, -0.15) is 4.98 Å². The van der Waals surface area contributed by atoms with Crippen molar-refractivity contribution in [3.05, 3.63) is 47.5 Å². The number of fused-ring (bicyclic) bond motifs is 1. The van der Waals surface area contributed by atoms with E-state index in [2.05, 4.69) is 37.1 Å². The molecule has 0 bridgehead atoms. The maximum Gasteiger partial charge on any atom is 0.278 e. The van der Waals surface area contributed by atoms with Crippen molar-refractivity contribution >= 4 is 0 Å². The molecule has 0 amide bonds. The van der Waals surface area contributed by atoms with Crippen molar-refractivity contribution in [1.82, 2.24) is 25.0 Å². The van der Waals surface area contributed by atoms with Crippen LogP contribution in [0.3, 0.4) is 0 Å². The summed E-state index contributed by atoms with van der Waals surface area (Å²) in [6, 6.07) is 7.17. The first kappa shape index (κ1) is 18.2. The number of ether oxygens (including phenoxy) is 1. The van der Waals surface area contributed by atoms with Crippen LogP contribution in [0.2, 0.25) is 0 Å². The Labute approximate surface area is 170 Å². The Morgan fingerprint density at radius 1 is 1.03 bits per heavy atom. The number of benzene rings is 1. The first-order chi connectivity index (χ1) is 14.2. The Hall–Kier alpha value is -2.80. The zero-order valence-corrected chi connectivity index (χ0v) is 16.7. The lowest BCUT2D eigenvalue weighted by atomic mass is 10.0. The predicted molar refractivity (Wildman–Crippen MR) is 108 cm³/mol. The Morgan fingerprint density at radius 2 is 1.86 bits per heavy atom. The van der Waals surface area contributed by atoms with E-state index in [4.69, 9.17) is 9.26 Å². The molecule has 0 saturated heterocycles. The molecule has 0 radical (unpaired) electrons. The third kappa shape index (κ3) is 4.00. The largest absolute Gasteiger partial charge is 0.437 e. The SMILES string of the molecule is Cc1noc(-c2cnc(Oc3ccc4c(c3)CCN(C3CCCC3)CC4)cn2)n1. The van der Waals surface area contributed by atoms with Gasteiger partial charge < -0.3 is 9.26 Å². The summed E-state index contributed by atoms with van der Waals surface area (Å²) >= 11 is 0. The van der Waals surface area contributed by atoms with Gasteiger partial charge in [0.25, 0.3) is 5.89 Å². The molecule has 1 aliphatic heterocycles. The highest BCUT2D eigenvalue weighted by molar-refractivity contribution is 5.45. The lowest BCUT2D eigenvalue weighted by Crippen LogP contribution is -2.35. The summed E-state index contributed by atoms with van der Waals surface area (Å²) in [5.74, 6) is 2.18. The van der Waals surface area contributed by atoms with Crippen LogP contribution in [-0.2, 0) is 12.8 Å². The molecule has 0 atom stereocenters. The molecule has 2 aromatic heterocycles. The molecular formula is C22H25N5O2. The van der Waals surface area contributed by atoms with Crippen molar-refractivity contribution in [3.8, 4) is 23.2 Å². The summed E-state index contributed by atoms with van der Waals surface area (Å²) in [5.41, 5.74) is 3.35. The van der Waals surface area contributed by atoms with Crippen LogP contribution < -0.4 is 4.74 Å². The summed E-state index contributed by atoms with van der Waals surface area (Å²) in [7, 11) is 0. The van der Waals surface area contributed by atoms with E-state index < -0.39 is 0 Å². The van der Waals surface area contributed by atoms with Crippen LogP contribution in [0.4, 0.5) is 0 Å². The van der Waals surface area contributed by atoms with Crippen LogP contribution in [0.5, 0.6) is 11.6 Å². The summed E-state index contributed by atoms with van der Waals surface area (Å²) in [4.78, 5) is 15.5. The number of nitrogens with zero attached hydrogens (tertiary/aromatic N) is 5. The standard InChI is InChI=1S/C22H25N5O2/c1-15-25-22(29-26-15)20-13-24-21(14-23-20)28-19-7-6-16-8-10-27(11-9-17(16)12-19)18-4-2-3-5-18/h6-7,12-14,18H,2-5,8-11H2,1H3. The van der Waals surface area contributed by atoms with Crippen LogP contribution in [0.15, 0.2) is 35.1 Å². The third-order valence-electron chi connectivity index (χ3n) is 5.95. The van der Waals surface area contributed by atoms with Gasteiger partial charge in [0.2, 0.25) is 5.88 Å². The fraction of sp³-hybridized carbons (Fsp3) is 0.455. The van der Waals surface area contributed by atoms with Crippen LogP contribution in [-0.4, -0.2) is 44.1 Å². The van der Waals surface area contributed by atoms with E-state index >= 15 is 0 Å². The molecule has 0 spiro atoms. The monoisotopic (exact) mass is 391 g/mol. The molecule has 0 N–H and O–H groups in total. The van der Waals surface area contributed by atoms with Crippen molar-refractivity contribution in [2.75, 3.05) is 13.1 Å². The quantitative estimate of drug-likeness (QED) is 0.666. The number of aromatic nitrogens is 4. The van der Waals surface area contributed by atoms with Gasteiger partial charge in [-0.15, -0.1) is 0 Å². The minimum absolute atomic E-state index is 0.360. The topological polar surface area (TPSA) is 77.2 Å². The van der Waals surface area contributed by atoms with Crippen LogP contribution in [0.1, 0.15) is 42.6 Å². The molecule has 2 aliphatic rings.